The predicted molar refractivity (Wildman–Crippen MR) is 222 cm³/mol. The number of hydroxylamine groups is 2. The van der Waals surface area contributed by atoms with Gasteiger partial charge in [-0.25, -0.2) is 4.79 Å². The van der Waals surface area contributed by atoms with Crippen LogP contribution in [0.3, 0.4) is 0 Å². The van der Waals surface area contributed by atoms with Gasteiger partial charge in [0.1, 0.15) is 36.0 Å². The number of nitrogens with zero attached hydrogens (tertiary/aromatic N) is 2. The molecule has 9 N–H and O–H groups in total. The van der Waals surface area contributed by atoms with Crippen LogP contribution in [-0.4, -0.2) is 112 Å². The van der Waals surface area contributed by atoms with Gasteiger partial charge in [0, 0.05) is 32.2 Å². The molecule has 0 aromatic heterocycles. The first kappa shape index (κ1) is 47.8. The molecule has 2 fully saturated rings. The number of benzene rings is 2. The Balaban J connectivity index is 1.56. The fourth-order valence-corrected chi connectivity index (χ4v) is 7.10. The molecule has 6 atom stereocenters. The average Bonchev–Trinajstić information content (AvgIpc) is 3.85. The molecule has 2 heterocycles. The van der Waals surface area contributed by atoms with E-state index < -0.39 is 83.6 Å². The SMILES string of the molecule is CC(C)C[C@H](NC(=O)[C@H](CCCN)NC(=O)[C@@H](N)C(C)C)C(=O)N[C@H](Cc1ccccc1)C(=O)N1CCC[C@H]1C(=O)N[C@H](Cc1ccc(O)cc1)C(=O)ON1C(=O)CCC1=O. The number of phenolic OH excluding ortho intramolecular Hbond substituents is 1. The van der Waals surface area contributed by atoms with E-state index >= 15 is 0 Å². The van der Waals surface area contributed by atoms with E-state index in [1.54, 1.807) is 44.2 Å². The molecular weight excluding hydrogens is 789 g/mol. The third-order valence-corrected chi connectivity index (χ3v) is 10.6. The highest BCUT2D eigenvalue weighted by Gasteiger charge is 2.41. The van der Waals surface area contributed by atoms with E-state index in [2.05, 4.69) is 21.3 Å². The highest BCUT2D eigenvalue weighted by atomic mass is 16.7. The normalized spacial score (nSPS) is 17.7. The fraction of sp³-hybridized carbons (Fsp3) is 0.535. The maximum atomic E-state index is 14.6. The van der Waals surface area contributed by atoms with E-state index in [1.165, 1.54) is 29.2 Å². The number of phenols is 1. The maximum absolute atomic E-state index is 14.6. The van der Waals surface area contributed by atoms with Gasteiger partial charge in [0.2, 0.25) is 29.5 Å². The molecule has 2 aliphatic heterocycles. The number of hydrogen-bond acceptors (Lipinski definition) is 12. The number of likely N-dealkylation sites (tertiary alicyclic amines) is 1. The third kappa shape index (κ3) is 13.8. The Morgan fingerprint density at radius 3 is 1.95 bits per heavy atom. The highest BCUT2D eigenvalue weighted by molar-refractivity contribution is 6.02. The first-order valence-electron chi connectivity index (χ1n) is 20.9. The number of hydrogen-bond donors (Lipinski definition) is 7. The zero-order chi connectivity index (χ0) is 44.8. The number of nitrogens with two attached hydrogens (primary N) is 2. The van der Waals surface area contributed by atoms with E-state index in [9.17, 15) is 43.5 Å². The summed E-state index contributed by atoms with van der Waals surface area (Å²) in [5, 5.41) is 21.1. The van der Waals surface area contributed by atoms with Gasteiger partial charge in [-0.1, -0.05) is 70.2 Å². The molecule has 61 heavy (non-hydrogen) atoms. The third-order valence-electron chi connectivity index (χ3n) is 10.6. The lowest BCUT2D eigenvalue weighted by Crippen LogP contribution is -2.60. The van der Waals surface area contributed by atoms with Gasteiger partial charge in [-0.3, -0.25) is 33.6 Å². The van der Waals surface area contributed by atoms with Crippen LogP contribution in [0.15, 0.2) is 54.6 Å². The Bertz CT molecular complexity index is 1860. The van der Waals surface area contributed by atoms with Crippen LogP contribution in [0.25, 0.3) is 0 Å². The second-order valence-electron chi connectivity index (χ2n) is 16.3. The van der Waals surface area contributed by atoms with E-state index in [0.29, 0.717) is 29.0 Å². The van der Waals surface area contributed by atoms with Crippen LogP contribution in [0.5, 0.6) is 5.75 Å². The molecule has 2 aromatic carbocycles. The largest absolute Gasteiger partial charge is 0.508 e. The van der Waals surface area contributed by atoms with Crippen LogP contribution in [0.4, 0.5) is 0 Å². The molecule has 0 aliphatic carbocycles. The summed E-state index contributed by atoms with van der Waals surface area (Å²) in [4.78, 5) is 114. The summed E-state index contributed by atoms with van der Waals surface area (Å²) >= 11 is 0. The molecule has 0 unspecified atom stereocenters. The maximum Gasteiger partial charge on any atom is 0.355 e. The number of aromatic hydroxyl groups is 1. The fourth-order valence-electron chi connectivity index (χ4n) is 7.10. The van der Waals surface area contributed by atoms with Crippen molar-refractivity contribution in [3.63, 3.8) is 0 Å². The summed E-state index contributed by atoms with van der Waals surface area (Å²) < 4.78 is 0. The number of rotatable bonds is 21. The zero-order valence-corrected chi connectivity index (χ0v) is 35.3. The van der Waals surface area contributed by atoms with Gasteiger partial charge in [0.25, 0.3) is 11.8 Å². The van der Waals surface area contributed by atoms with Crippen LogP contribution in [0.1, 0.15) is 83.8 Å². The zero-order valence-electron chi connectivity index (χ0n) is 35.3. The van der Waals surface area contributed by atoms with Crippen molar-refractivity contribution in [1.29, 1.82) is 0 Å². The Labute approximate surface area is 355 Å². The molecule has 2 aromatic rings. The number of carbonyl (C=O) groups excluding carboxylic acids is 8. The molecule has 0 saturated carbocycles. The van der Waals surface area contributed by atoms with Gasteiger partial charge in [-0.15, -0.1) is 5.06 Å². The number of amides is 7. The molecule has 18 heteroatoms. The van der Waals surface area contributed by atoms with Crippen LogP contribution >= 0.6 is 0 Å². The first-order valence-corrected chi connectivity index (χ1v) is 20.9. The first-order chi connectivity index (χ1) is 29.0. The molecule has 0 radical (unpaired) electrons. The van der Waals surface area contributed by atoms with Crippen molar-refractivity contribution in [2.24, 2.45) is 23.3 Å². The number of carbonyl (C=O) groups is 8. The van der Waals surface area contributed by atoms with Gasteiger partial charge >= 0.3 is 5.97 Å². The average molecular weight is 849 g/mol. The quantitative estimate of drug-likeness (QED) is 0.0846. The van der Waals surface area contributed by atoms with E-state index in [-0.39, 0.29) is 75.6 Å². The van der Waals surface area contributed by atoms with Crippen molar-refractivity contribution in [2.45, 2.75) is 122 Å². The summed E-state index contributed by atoms with van der Waals surface area (Å²) in [5.74, 6) is -5.86. The standard InChI is InChI=1S/C43H60N8O10/c1-25(2)22-31(47-38(55)30(12-8-20-44)46-41(58)37(45)26(3)4)39(56)48-32(23-27-10-6-5-7-11-27)42(59)50-21-9-13-34(50)40(57)49-33(24-28-14-16-29(52)17-15-28)43(60)61-51-35(53)18-19-36(51)54/h5-7,10-11,14-17,25-26,30-34,37,52H,8-9,12-13,18-24,44-45H2,1-4H3,(H,46,58)(H,47,55)(H,48,56)(H,49,57)/t30-,31-,32+,33+,34-,37-/m0/s1. The Morgan fingerprint density at radius 2 is 1.34 bits per heavy atom. The van der Waals surface area contributed by atoms with Gasteiger partial charge in [-0.05, 0) is 73.7 Å². The Hall–Kier alpha value is -5.88. The lowest BCUT2D eigenvalue weighted by atomic mass is 9.99. The van der Waals surface area contributed by atoms with E-state index in [1.807, 2.05) is 13.8 Å². The minimum Gasteiger partial charge on any atom is -0.508 e. The molecule has 0 bridgehead atoms. The molecule has 18 nitrogen and oxygen atoms in total. The van der Waals surface area contributed by atoms with Crippen molar-refractivity contribution in [3.05, 3.63) is 65.7 Å². The molecular formula is C43H60N8O10. The van der Waals surface area contributed by atoms with Gasteiger partial charge in [0.15, 0.2) is 0 Å². The van der Waals surface area contributed by atoms with Crippen LogP contribution in [0, 0.1) is 11.8 Å². The Kier molecular flexibility index (Phi) is 17.7. The second kappa shape index (κ2) is 22.6. The van der Waals surface area contributed by atoms with Crippen molar-refractivity contribution < 1.29 is 48.3 Å². The molecule has 7 amide bonds. The summed E-state index contributed by atoms with van der Waals surface area (Å²) in [6.45, 7) is 7.70. The lowest BCUT2D eigenvalue weighted by molar-refractivity contribution is -0.199. The molecule has 332 valence electrons. The minimum atomic E-state index is -1.41. The van der Waals surface area contributed by atoms with Gasteiger partial charge in [-0.2, -0.15) is 0 Å². The molecule has 2 saturated heterocycles. The van der Waals surface area contributed by atoms with Crippen LogP contribution in [-0.2, 0) is 56.0 Å². The molecule has 4 rings (SSSR count). The number of imide groups is 1. The lowest BCUT2D eigenvalue weighted by Gasteiger charge is -2.31. The van der Waals surface area contributed by atoms with Crippen LogP contribution < -0.4 is 32.7 Å². The second-order valence-corrected chi connectivity index (χ2v) is 16.3. The highest BCUT2D eigenvalue weighted by Crippen LogP contribution is 2.22. The van der Waals surface area contributed by atoms with E-state index in [4.69, 9.17) is 16.3 Å². The predicted octanol–water partition coefficient (Wildman–Crippen LogP) is 0.483. The topological polar surface area (TPSA) is 273 Å². The van der Waals surface area contributed by atoms with E-state index in [0.717, 1.165) is 0 Å². The molecule has 0 spiro atoms. The molecule has 2 aliphatic rings. The number of nitrogens with one attached hydrogen (secondary N) is 4. The van der Waals surface area contributed by atoms with Crippen molar-refractivity contribution in [1.82, 2.24) is 31.2 Å². The summed E-state index contributed by atoms with van der Waals surface area (Å²) in [7, 11) is 0. The monoisotopic (exact) mass is 848 g/mol. The van der Waals surface area contributed by atoms with Gasteiger partial charge in [0.05, 0.1) is 6.04 Å². The van der Waals surface area contributed by atoms with Gasteiger partial charge < -0.3 is 47.6 Å². The minimum absolute atomic E-state index is 0.0298. The van der Waals surface area contributed by atoms with Crippen molar-refractivity contribution in [3.8, 4) is 5.75 Å². The summed E-state index contributed by atoms with van der Waals surface area (Å²) in [5.41, 5.74) is 13.0. The summed E-state index contributed by atoms with van der Waals surface area (Å²) in [6.07, 6.45) is 1.06. The Morgan fingerprint density at radius 1 is 0.770 bits per heavy atom. The van der Waals surface area contributed by atoms with Crippen molar-refractivity contribution in [2.75, 3.05) is 13.1 Å². The van der Waals surface area contributed by atoms with Crippen LogP contribution in [0.2, 0.25) is 0 Å². The smallest absolute Gasteiger partial charge is 0.355 e. The van der Waals surface area contributed by atoms with Crippen molar-refractivity contribution >= 4 is 47.3 Å². The summed E-state index contributed by atoms with van der Waals surface area (Å²) in [6, 6.07) is 8.10.